The first-order chi connectivity index (χ1) is 16.3. The molecule has 8 nitrogen and oxygen atoms in total. The molecule has 5 rings (SSSR count). The molecular formula is C25H27N3O5S. The zero-order valence-electron chi connectivity index (χ0n) is 19.1. The first kappa shape index (κ1) is 22.5. The van der Waals surface area contributed by atoms with Gasteiger partial charge < -0.3 is 14.7 Å². The summed E-state index contributed by atoms with van der Waals surface area (Å²) in [6, 6.07) is 11.8. The third-order valence-electron chi connectivity index (χ3n) is 6.48. The Hall–Kier alpha value is -3.33. The summed E-state index contributed by atoms with van der Waals surface area (Å²) in [6.45, 7) is 4.56. The van der Waals surface area contributed by atoms with Crippen LogP contribution in [0.25, 0.3) is 11.3 Å². The lowest BCUT2D eigenvalue weighted by atomic mass is 9.94. The van der Waals surface area contributed by atoms with Gasteiger partial charge in [0, 0.05) is 17.2 Å². The fraction of sp³-hybridized carbons (Fsp3) is 0.360. The fourth-order valence-corrected chi connectivity index (χ4v) is 6.59. The summed E-state index contributed by atoms with van der Waals surface area (Å²) in [4.78, 5) is 15.2. The molecule has 2 N–H and O–H groups in total. The maximum Gasteiger partial charge on any atom is 0.273 e. The Kier molecular flexibility index (Phi) is 5.59. The van der Waals surface area contributed by atoms with Gasteiger partial charge in [0.1, 0.15) is 22.9 Å². The highest BCUT2D eigenvalue weighted by atomic mass is 32.2. The number of H-pyrrole nitrogens is 1. The van der Waals surface area contributed by atoms with E-state index in [1.807, 2.05) is 44.2 Å². The van der Waals surface area contributed by atoms with Crippen molar-refractivity contribution in [2.45, 2.75) is 38.8 Å². The zero-order valence-corrected chi connectivity index (χ0v) is 19.9. The number of aromatic nitrogens is 2. The Morgan fingerprint density at radius 3 is 2.65 bits per heavy atom. The van der Waals surface area contributed by atoms with Crippen molar-refractivity contribution >= 4 is 15.7 Å². The number of hydrogen-bond donors (Lipinski definition) is 2. The van der Waals surface area contributed by atoms with Crippen LogP contribution in [0.4, 0.5) is 0 Å². The fourth-order valence-electron chi connectivity index (χ4n) is 4.88. The van der Waals surface area contributed by atoms with Gasteiger partial charge in [-0.2, -0.15) is 5.10 Å². The van der Waals surface area contributed by atoms with Gasteiger partial charge in [-0.15, -0.1) is 0 Å². The molecule has 2 unspecified atom stereocenters. The number of hydrogen-bond acceptors (Lipinski definition) is 6. The zero-order chi connectivity index (χ0) is 24.0. The number of aromatic amines is 1. The molecule has 9 heteroatoms. The van der Waals surface area contributed by atoms with E-state index in [1.165, 1.54) is 0 Å². The van der Waals surface area contributed by atoms with Crippen LogP contribution in [0, 0.1) is 6.92 Å². The normalized spacial score (nSPS) is 21.1. The summed E-state index contributed by atoms with van der Waals surface area (Å²) in [5, 5.41) is 17.9. The summed E-state index contributed by atoms with van der Waals surface area (Å²) in [5.41, 5.74) is 3.77. The number of rotatable bonds is 6. The molecule has 3 heterocycles. The molecule has 2 aliphatic heterocycles. The van der Waals surface area contributed by atoms with Crippen molar-refractivity contribution < 1.29 is 23.1 Å². The number of fused-ring (bicyclic) bond motifs is 1. The van der Waals surface area contributed by atoms with Gasteiger partial charge in [-0.05, 0) is 49.6 Å². The SMILES string of the molecule is CCCOc1ccc(C2c3c(-c4cc(C)ccc4O)n[nH]c3C(=O)N2C2CCS(=O)(=O)C2)cc1. The molecule has 2 aliphatic rings. The molecule has 0 aliphatic carbocycles. The number of carbonyl (C=O) groups excluding carboxylic acids is 1. The minimum Gasteiger partial charge on any atom is -0.507 e. The Bertz CT molecular complexity index is 1350. The molecule has 34 heavy (non-hydrogen) atoms. The summed E-state index contributed by atoms with van der Waals surface area (Å²) in [7, 11) is -3.20. The van der Waals surface area contributed by atoms with Crippen LogP contribution in [0.2, 0.25) is 0 Å². The van der Waals surface area contributed by atoms with Crippen molar-refractivity contribution in [3.8, 4) is 22.8 Å². The molecule has 0 spiro atoms. The number of nitrogens with zero attached hydrogens (tertiary/aromatic N) is 2. The van der Waals surface area contributed by atoms with Crippen LogP contribution in [-0.4, -0.2) is 58.7 Å². The van der Waals surface area contributed by atoms with E-state index in [1.54, 1.807) is 17.0 Å². The molecule has 2 atom stereocenters. The number of ether oxygens (including phenoxy) is 1. The Balaban J connectivity index is 1.64. The van der Waals surface area contributed by atoms with E-state index < -0.39 is 21.9 Å². The second kappa shape index (κ2) is 8.47. The third-order valence-corrected chi connectivity index (χ3v) is 8.23. The van der Waals surface area contributed by atoms with Crippen molar-refractivity contribution in [3.05, 3.63) is 64.8 Å². The number of phenolic OH excluding ortho intramolecular Hbond substituents is 1. The number of aryl methyl sites for hydroxylation is 1. The van der Waals surface area contributed by atoms with Crippen LogP contribution in [0.5, 0.6) is 11.5 Å². The molecule has 1 aromatic heterocycles. The van der Waals surface area contributed by atoms with E-state index in [-0.39, 0.29) is 23.2 Å². The maximum atomic E-state index is 13.6. The first-order valence-electron chi connectivity index (χ1n) is 11.4. The van der Waals surface area contributed by atoms with Gasteiger partial charge in [0.2, 0.25) is 0 Å². The summed E-state index contributed by atoms with van der Waals surface area (Å²) >= 11 is 0. The minimum atomic E-state index is -3.20. The summed E-state index contributed by atoms with van der Waals surface area (Å²) in [5.74, 6) is 0.523. The van der Waals surface area contributed by atoms with Crippen LogP contribution < -0.4 is 4.74 Å². The van der Waals surface area contributed by atoms with Crippen molar-refractivity contribution in [1.29, 1.82) is 0 Å². The van der Waals surface area contributed by atoms with E-state index in [9.17, 15) is 18.3 Å². The van der Waals surface area contributed by atoms with Crippen molar-refractivity contribution in [1.82, 2.24) is 15.1 Å². The highest BCUT2D eigenvalue weighted by Gasteiger charge is 2.48. The number of aromatic hydroxyl groups is 1. The van der Waals surface area contributed by atoms with Gasteiger partial charge in [-0.25, -0.2) is 8.42 Å². The molecule has 3 aromatic rings. The largest absolute Gasteiger partial charge is 0.507 e. The number of carbonyl (C=O) groups is 1. The van der Waals surface area contributed by atoms with E-state index in [2.05, 4.69) is 10.2 Å². The average Bonchev–Trinajstić information content (AvgIpc) is 3.47. The van der Waals surface area contributed by atoms with E-state index in [4.69, 9.17) is 4.74 Å². The summed E-state index contributed by atoms with van der Waals surface area (Å²) < 4.78 is 30.2. The van der Waals surface area contributed by atoms with Crippen LogP contribution in [0.1, 0.15) is 53.0 Å². The number of amides is 1. The molecule has 0 radical (unpaired) electrons. The minimum absolute atomic E-state index is 0.0599. The van der Waals surface area contributed by atoms with E-state index >= 15 is 0 Å². The smallest absolute Gasteiger partial charge is 0.273 e. The highest BCUT2D eigenvalue weighted by molar-refractivity contribution is 7.91. The molecule has 0 bridgehead atoms. The molecule has 1 amide bonds. The van der Waals surface area contributed by atoms with Crippen LogP contribution in [-0.2, 0) is 9.84 Å². The lowest BCUT2D eigenvalue weighted by molar-refractivity contribution is 0.0677. The molecule has 178 valence electrons. The van der Waals surface area contributed by atoms with Crippen LogP contribution in [0.3, 0.4) is 0 Å². The number of nitrogens with one attached hydrogen (secondary N) is 1. The second-order valence-electron chi connectivity index (χ2n) is 8.97. The average molecular weight is 482 g/mol. The Labute approximate surface area is 198 Å². The molecule has 0 saturated carbocycles. The molecule has 2 aromatic carbocycles. The molecule has 1 fully saturated rings. The predicted octanol–water partition coefficient (Wildman–Crippen LogP) is 3.61. The van der Waals surface area contributed by atoms with Crippen molar-refractivity contribution in [3.63, 3.8) is 0 Å². The van der Waals surface area contributed by atoms with Crippen LogP contribution >= 0.6 is 0 Å². The van der Waals surface area contributed by atoms with Gasteiger partial charge in [0.05, 0.1) is 24.2 Å². The monoisotopic (exact) mass is 481 g/mol. The van der Waals surface area contributed by atoms with Crippen molar-refractivity contribution in [2.75, 3.05) is 18.1 Å². The Morgan fingerprint density at radius 2 is 1.97 bits per heavy atom. The first-order valence-corrected chi connectivity index (χ1v) is 13.3. The number of sulfone groups is 1. The molecular weight excluding hydrogens is 454 g/mol. The van der Waals surface area contributed by atoms with Crippen LogP contribution in [0.15, 0.2) is 42.5 Å². The molecule has 1 saturated heterocycles. The lowest BCUT2D eigenvalue weighted by Gasteiger charge is -2.31. The maximum absolute atomic E-state index is 13.6. The van der Waals surface area contributed by atoms with Gasteiger partial charge in [0.15, 0.2) is 9.84 Å². The lowest BCUT2D eigenvalue weighted by Crippen LogP contribution is -2.40. The number of benzene rings is 2. The Morgan fingerprint density at radius 1 is 1.21 bits per heavy atom. The topological polar surface area (TPSA) is 113 Å². The standard InChI is InChI=1S/C25H27N3O5S/c1-3-11-33-18-7-5-16(6-8-18)24-21-22(19-13-15(2)4-9-20(19)29)26-27-23(21)25(30)28(24)17-10-12-34(31,32)14-17/h4-9,13,17,24,29H,3,10-12,14H2,1-2H3,(H,26,27). The van der Waals surface area contributed by atoms with Gasteiger partial charge >= 0.3 is 0 Å². The van der Waals surface area contributed by atoms with Gasteiger partial charge in [0.25, 0.3) is 5.91 Å². The number of phenols is 1. The third kappa shape index (κ3) is 3.83. The predicted molar refractivity (Wildman–Crippen MR) is 128 cm³/mol. The van der Waals surface area contributed by atoms with E-state index in [0.29, 0.717) is 35.5 Å². The second-order valence-corrected chi connectivity index (χ2v) is 11.2. The summed E-state index contributed by atoms with van der Waals surface area (Å²) in [6.07, 6.45) is 1.29. The van der Waals surface area contributed by atoms with Gasteiger partial charge in [-0.3, -0.25) is 9.89 Å². The van der Waals surface area contributed by atoms with Crippen molar-refractivity contribution in [2.24, 2.45) is 0 Å². The quantitative estimate of drug-likeness (QED) is 0.556. The van der Waals surface area contributed by atoms with E-state index in [0.717, 1.165) is 23.3 Å². The van der Waals surface area contributed by atoms with Gasteiger partial charge in [-0.1, -0.05) is 30.7 Å². The highest BCUT2D eigenvalue weighted by Crippen LogP contribution is 2.46.